The third-order valence-corrected chi connectivity index (χ3v) is 6.14. The van der Waals surface area contributed by atoms with Gasteiger partial charge in [-0.25, -0.2) is 0 Å². The summed E-state index contributed by atoms with van der Waals surface area (Å²) < 4.78 is 1.94. The van der Waals surface area contributed by atoms with Crippen LogP contribution in [0.25, 0.3) is 0 Å². The van der Waals surface area contributed by atoms with Crippen molar-refractivity contribution in [2.24, 2.45) is 13.0 Å². The van der Waals surface area contributed by atoms with E-state index in [-0.39, 0.29) is 0 Å². The smallest absolute Gasteiger partial charge is 0.0537 e. The molecule has 132 valence electrons. The first-order valence-corrected chi connectivity index (χ1v) is 9.99. The maximum atomic E-state index is 4.42. The van der Waals surface area contributed by atoms with E-state index in [2.05, 4.69) is 58.8 Å². The summed E-state index contributed by atoms with van der Waals surface area (Å²) in [6.45, 7) is 6.93. The Morgan fingerprint density at radius 1 is 1.42 bits per heavy atom. The van der Waals surface area contributed by atoms with E-state index in [1.807, 2.05) is 23.1 Å². The van der Waals surface area contributed by atoms with Crippen LogP contribution >= 0.6 is 11.3 Å². The lowest BCUT2D eigenvalue weighted by Gasteiger charge is -2.42. The van der Waals surface area contributed by atoms with E-state index in [4.69, 9.17) is 0 Å². The first-order valence-electron chi connectivity index (χ1n) is 9.11. The lowest BCUT2D eigenvalue weighted by molar-refractivity contribution is 0.0767. The molecule has 1 aliphatic rings. The zero-order chi connectivity index (χ0) is 16.9. The number of aryl methyl sites for hydroxylation is 1. The number of thiophene rings is 1. The lowest BCUT2D eigenvalue weighted by Crippen LogP contribution is -2.43. The van der Waals surface area contributed by atoms with Gasteiger partial charge in [-0.05, 0) is 56.8 Å². The van der Waals surface area contributed by atoms with Gasteiger partial charge >= 0.3 is 0 Å². The van der Waals surface area contributed by atoms with Gasteiger partial charge in [0.15, 0.2) is 0 Å². The molecule has 0 aromatic carbocycles. The predicted octanol–water partition coefficient (Wildman–Crippen LogP) is 3.43. The second kappa shape index (κ2) is 8.28. The van der Waals surface area contributed by atoms with Crippen LogP contribution in [0.4, 0.5) is 0 Å². The van der Waals surface area contributed by atoms with E-state index >= 15 is 0 Å². The van der Waals surface area contributed by atoms with Gasteiger partial charge in [-0.1, -0.05) is 13.0 Å². The zero-order valence-corrected chi connectivity index (χ0v) is 16.0. The fourth-order valence-electron chi connectivity index (χ4n) is 4.02. The molecule has 0 saturated carbocycles. The average Bonchev–Trinajstić information content (AvgIpc) is 3.24. The van der Waals surface area contributed by atoms with Crippen molar-refractivity contribution < 1.29 is 0 Å². The summed E-state index contributed by atoms with van der Waals surface area (Å²) in [6.07, 6.45) is 8.07. The van der Waals surface area contributed by atoms with E-state index in [9.17, 15) is 0 Å². The van der Waals surface area contributed by atoms with Crippen molar-refractivity contribution in [1.82, 2.24) is 19.6 Å². The molecule has 2 aromatic heterocycles. The number of nitrogens with zero attached hydrogens (tertiary/aromatic N) is 4. The molecule has 0 radical (unpaired) electrons. The average molecular weight is 347 g/mol. The van der Waals surface area contributed by atoms with E-state index in [0.29, 0.717) is 12.0 Å². The van der Waals surface area contributed by atoms with Crippen molar-refractivity contribution >= 4 is 11.3 Å². The molecule has 0 unspecified atom stereocenters. The Morgan fingerprint density at radius 2 is 2.29 bits per heavy atom. The lowest BCUT2D eigenvalue weighted by atomic mass is 9.85. The third kappa shape index (κ3) is 4.26. The second-order valence-corrected chi connectivity index (χ2v) is 8.05. The highest BCUT2D eigenvalue weighted by molar-refractivity contribution is 7.09. The van der Waals surface area contributed by atoms with Gasteiger partial charge in [0.1, 0.15) is 0 Å². The molecule has 0 amide bonds. The van der Waals surface area contributed by atoms with E-state index in [1.165, 1.54) is 36.4 Å². The molecule has 3 rings (SSSR count). The van der Waals surface area contributed by atoms with Crippen LogP contribution in [0.1, 0.15) is 36.2 Å². The Kier molecular flexibility index (Phi) is 6.09. The summed E-state index contributed by atoms with van der Waals surface area (Å²) in [7, 11) is 4.30. The standard InChI is InChI=1S/C19H30N4S/c1-4-23-10-5-7-16(19(23)17-13-20-22(3)15-17)14-21(2)11-9-18-8-6-12-24-18/h6,8,12-13,15-16,19H,4-5,7,9-11,14H2,1-3H3/t16-,19+/m0/s1. The maximum Gasteiger partial charge on any atom is 0.0537 e. The van der Waals surface area contributed by atoms with Crippen LogP contribution < -0.4 is 0 Å². The summed E-state index contributed by atoms with van der Waals surface area (Å²) in [5.41, 5.74) is 1.38. The molecular weight excluding hydrogens is 316 g/mol. The molecule has 1 aliphatic heterocycles. The monoisotopic (exact) mass is 346 g/mol. The normalized spacial score (nSPS) is 22.3. The van der Waals surface area contributed by atoms with Gasteiger partial charge in [0.05, 0.1) is 6.20 Å². The number of hydrogen-bond donors (Lipinski definition) is 0. The SMILES string of the molecule is CCN1CCC[C@@H](CN(C)CCc2cccs2)[C@@H]1c1cnn(C)c1. The van der Waals surface area contributed by atoms with Crippen molar-refractivity contribution in [2.45, 2.75) is 32.2 Å². The maximum absolute atomic E-state index is 4.42. The highest BCUT2D eigenvalue weighted by Crippen LogP contribution is 2.36. The fourth-order valence-corrected chi connectivity index (χ4v) is 4.72. The quantitative estimate of drug-likeness (QED) is 0.768. The van der Waals surface area contributed by atoms with Crippen LogP contribution in [0.5, 0.6) is 0 Å². The van der Waals surface area contributed by atoms with Crippen molar-refractivity contribution in [3.8, 4) is 0 Å². The largest absolute Gasteiger partial charge is 0.306 e. The predicted molar refractivity (Wildman–Crippen MR) is 101 cm³/mol. The molecule has 24 heavy (non-hydrogen) atoms. The molecule has 1 fully saturated rings. The highest BCUT2D eigenvalue weighted by Gasteiger charge is 2.33. The van der Waals surface area contributed by atoms with Gasteiger partial charge in [-0.15, -0.1) is 11.3 Å². The van der Waals surface area contributed by atoms with Gasteiger partial charge in [0, 0.05) is 42.8 Å². The molecule has 0 spiro atoms. The summed E-state index contributed by atoms with van der Waals surface area (Å²) in [5.74, 6) is 0.691. The van der Waals surface area contributed by atoms with Crippen molar-refractivity contribution in [3.63, 3.8) is 0 Å². The van der Waals surface area contributed by atoms with E-state index in [0.717, 1.165) is 19.5 Å². The second-order valence-electron chi connectivity index (χ2n) is 7.01. The number of likely N-dealkylation sites (tertiary alicyclic amines) is 1. The van der Waals surface area contributed by atoms with Gasteiger partial charge in [0.2, 0.25) is 0 Å². The van der Waals surface area contributed by atoms with Gasteiger partial charge in [0.25, 0.3) is 0 Å². The van der Waals surface area contributed by atoms with Crippen LogP contribution in [0, 0.1) is 5.92 Å². The molecular formula is C19H30N4S. The number of piperidine rings is 1. The first kappa shape index (κ1) is 17.6. The summed E-state index contributed by atoms with van der Waals surface area (Å²) >= 11 is 1.87. The number of rotatable bonds is 7. The molecule has 0 bridgehead atoms. The number of likely N-dealkylation sites (N-methyl/N-ethyl adjacent to an activating group) is 1. The topological polar surface area (TPSA) is 24.3 Å². The molecule has 4 nitrogen and oxygen atoms in total. The van der Waals surface area contributed by atoms with Crippen LogP contribution in [0.2, 0.25) is 0 Å². The van der Waals surface area contributed by atoms with E-state index in [1.54, 1.807) is 0 Å². The fraction of sp³-hybridized carbons (Fsp3) is 0.632. The summed E-state index contributed by atoms with van der Waals surface area (Å²) in [5, 5.41) is 6.60. The summed E-state index contributed by atoms with van der Waals surface area (Å²) in [4.78, 5) is 6.65. The minimum absolute atomic E-state index is 0.515. The van der Waals surface area contributed by atoms with Crippen LogP contribution in [-0.2, 0) is 13.5 Å². The Balaban J connectivity index is 1.64. The molecule has 0 aliphatic carbocycles. The molecule has 3 heterocycles. The van der Waals surface area contributed by atoms with Crippen molar-refractivity contribution in [2.75, 3.05) is 33.2 Å². The molecule has 5 heteroatoms. The Labute approximate surface area is 150 Å². The minimum atomic E-state index is 0.515. The van der Waals surface area contributed by atoms with Gasteiger partial charge in [-0.3, -0.25) is 9.58 Å². The van der Waals surface area contributed by atoms with Crippen LogP contribution in [-0.4, -0.2) is 52.8 Å². The molecule has 2 atom stereocenters. The molecule has 0 N–H and O–H groups in total. The number of aromatic nitrogens is 2. The van der Waals surface area contributed by atoms with Crippen molar-refractivity contribution in [3.05, 3.63) is 40.3 Å². The Hall–Kier alpha value is -1.17. The highest BCUT2D eigenvalue weighted by atomic mass is 32.1. The van der Waals surface area contributed by atoms with Gasteiger partial charge in [-0.2, -0.15) is 5.10 Å². The Morgan fingerprint density at radius 3 is 2.96 bits per heavy atom. The third-order valence-electron chi connectivity index (χ3n) is 5.20. The summed E-state index contributed by atoms with van der Waals surface area (Å²) in [6, 6.07) is 4.91. The number of hydrogen-bond acceptors (Lipinski definition) is 4. The van der Waals surface area contributed by atoms with Crippen LogP contribution in [0.3, 0.4) is 0 Å². The van der Waals surface area contributed by atoms with Crippen LogP contribution in [0.15, 0.2) is 29.9 Å². The van der Waals surface area contributed by atoms with Gasteiger partial charge < -0.3 is 4.90 Å². The first-order chi connectivity index (χ1) is 11.7. The Bertz CT molecular complexity index is 607. The van der Waals surface area contributed by atoms with Crippen molar-refractivity contribution in [1.29, 1.82) is 0 Å². The minimum Gasteiger partial charge on any atom is -0.306 e. The zero-order valence-electron chi connectivity index (χ0n) is 15.2. The van der Waals surface area contributed by atoms with E-state index < -0.39 is 0 Å². The molecule has 2 aromatic rings. The molecule has 1 saturated heterocycles.